The number of hydrogen-bond acceptors (Lipinski definition) is 6. The standard InChI is InChI=1S/C29H28O6/c1-2-32-26-18-20(17-24-27(30)34-29(35-28(24)31)15-6-3-7-16-29)13-14-25(26)33-19-22-11-8-10-21-9-4-5-12-23(21)22/h4-5,8-14,17-18H,2-3,6-7,15-16,19H2,1H3. The molecule has 0 amide bonds. The van der Waals surface area contributed by atoms with E-state index in [0.717, 1.165) is 35.6 Å². The van der Waals surface area contributed by atoms with E-state index in [1.54, 1.807) is 18.2 Å². The summed E-state index contributed by atoms with van der Waals surface area (Å²) in [7, 11) is 0. The maximum Gasteiger partial charge on any atom is 0.348 e. The SMILES string of the molecule is CCOc1cc(C=C2C(=O)OC3(CCCCC3)OC2=O)ccc1OCc1cccc2ccccc12. The average Bonchev–Trinajstić information content (AvgIpc) is 2.86. The Kier molecular flexibility index (Phi) is 6.45. The molecule has 1 spiro atoms. The molecule has 1 aliphatic carbocycles. The fraction of sp³-hybridized carbons (Fsp3) is 0.310. The highest BCUT2D eigenvalue weighted by atomic mass is 16.7. The fourth-order valence-electron chi connectivity index (χ4n) is 4.71. The summed E-state index contributed by atoms with van der Waals surface area (Å²) in [5.74, 6) is -1.27. The lowest BCUT2D eigenvalue weighted by Gasteiger charge is -2.38. The van der Waals surface area contributed by atoms with E-state index in [9.17, 15) is 9.59 Å². The van der Waals surface area contributed by atoms with Gasteiger partial charge in [0.05, 0.1) is 6.61 Å². The zero-order valence-corrected chi connectivity index (χ0v) is 19.8. The first-order valence-corrected chi connectivity index (χ1v) is 12.1. The molecule has 3 aromatic carbocycles. The Bertz CT molecular complexity index is 1260. The van der Waals surface area contributed by atoms with Gasteiger partial charge in [0.2, 0.25) is 0 Å². The molecule has 3 aromatic rings. The summed E-state index contributed by atoms with van der Waals surface area (Å²) in [5, 5.41) is 2.29. The highest BCUT2D eigenvalue weighted by Gasteiger charge is 2.46. The van der Waals surface area contributed by atoms with E-state index in [1.165, 1.54) is 6.08 Å². The zero-order valence-electron chi connectivity index (χ0n) is 19.8. The quantitative estimate of drug-likeness (QED) is 0.250. The Labute approximate surface area is 204 Å². The maximum absolute atomic E-state index is 12.7. The van der Waals surface area contributed by atoms with Gasteiger partial charge in [-0.1, -0.05) is 55.0 Å². The Hall–Kier alpha value is -3.80. The van der Waals surface area contributed by atoms with Crippen molar-refractivity contribution in [2.75, 3.05) is 6.61 Å². The fourth-order valence-corrected chi connectivity index (χ4v) is 4.71. The van der Waals surface area contributed by atoms with Crippen molar-refractivity contribution in [2.24, 2.45) is 0 Å². The largest absolute Gasteiger partial charge is 0.490 e. The predicted octanol–water partition coefficient (Wildman–Crippen LogP) is 5.96. The number of rotatable bonds is 6. The van der Waals surface area contributed by atoms with Gasteiger partial charge in [0.1, 0.15) is 12.2 Å². The molecule has 2 aliphatic rings. The van der Waals surface area contributed by atoms with E-state index in [4.69, 9.17) is 18.9 Å². The van der Waals surface area contributed by atoms with Crippen LogP contribution >= 0.6 is 0 Å². The van der Waals surface area contributed by atoms with Gasteiger partial charge < -0.3 is 18.9 Å². The van der Waals surface area contributed by atoms with Crippen molar-refractivity contribution in [1.82, 2.24) is 0 Å². The van der Waals surface area contributed by atoms with Crippen molar-refractivity contribution < 1.29 is 28.5 Å². The van der Waals surface area contributed by atoms with Crippen LogP contribution in [0.15, 0.2) is 66.2 Å². The molecule has 1 saturated carbocycles. The van der Waals surface area contributed by atoms with Gasteiger partial charge in [0.15, 0.2) is 11.5 Å². The molecule has 5 rings (SSSR count). The first-order valence-electron chi connectivity index (χ1n) is 12.1. The van der Waals surface area contributed by atoms with Crippen LogP contribution in [0.3, 0.4) is 0 Å². The van der Waals surface area contributed by atoms with E-state index in [1.807, 2.05) is 31.2 Å². The smallest absolute Gasteiger partial charge is 0.348 e. The van der Waals surface area contributed by atoms with E-state index in [2.05, 4.69) is 18.2 Å². The average molecular weight is 473 g/mol. The number of carbonyl (C=O) groups is 2. The molecule has 0 radical (unpaired) electrons. The Balaban J connectivity index is 1.36. The molecule has 1 saturated heterocycles. The molecule has 0 aromatic heterocycles. The molecule has 1 aliphatic heterocycles. The second kappa shape index (κ2) is 9.82. The summed E-state index contributed by atoms with van der Waals surface area (Å²) < 4.78 is 23.1. The summed E-state index contributed by atoms with van der Waals surface area (Å²) in [4.78, 5) is 25.4. The van der Waals surface area contributed by atoms with Gasteiger partial charge in [-0.05, 0) is 59.9 Å². The number of fused-ring (bicyclic) bond motifs is 1. The van der Waals surface area contributed by atoms with Gasteiger partial charge in [-0.3, -0.25) is 0 Å². The summed E-state index contributed by atoms with van der Waals surface area (Å²) in [5.41, 5.74) is 1.57. The molecule has 0 bridgehead atoms. The molecule has 35 heavy (non-hydrogen) atoms. The molecule has 2 fully saturated rings. The maximum atomic E-state index is 12.7. The monoisotopic (exact) mass is 472 g/mol. The molecule has 6 heteroatoms. The van der Waals surface area contributed by atoms with Crippen LogP contribution in [0.25, 0.3) is 16.8 Å². The lowest BCUT2D eigenvalue weighted by atomic mass is 9.93. The highest BCUT2D eigenvalue weighted by molar-refractivity contribution is 6.18. The van der Waals surface area contributed by atoms with Crippen LogP contribution in [0.1, 0.15) is 50.2 Å². The van der Waals surface area contributed by atoms with Crippen LogP contribution in [-0.2, 0) is 25.7 Å². The first kappa shape index (κ1) is 23.0. The van der Waals surface area contributed by atoms with Gasteiger partial charge >= 0.3 is 11.9 Å². The summed E-state index contributed by atoms with van der Waals surface area (Å²) in [6.45, 7) is 2.71. The number of benzene rings is 3. The van der Waals surface area contributed by atoms with Crippen LogP contribution in [0.2, 0.25) is 0 Å². The van der Waals surface area contributed by atoms with Crippen molar-refractivity contribution in [2.45, 2.75) is 51.4 Å². The zero-order chi connectivity index (χ0) is 24.3. The van der Waals surface area contributed by atoms with Crippen molar-refractivity contribution in [3.63, 3.8) is 0 Å². The molecule has 0 N–H and O–H groups in total. The molecular formula is C29H28O6. The summed E-state index contributed by atoms with van der Waals surface area (Å²) in [6.07, 6.45) is 5.38. The summed E-state index contributed by atoms with van der Waals surface area (Å²) in [6, 6.07) is 19.6. The normalized spacial score (nSPS) is 17.1. The third-order valence-electron chi connectivity index (χ3n) is 6.45. The lowest BCUT2D eigenvalue weighted by molar-refractivity contribution is -0.244. The number of carbonyl (C=O) groups excluding carboxylic acids is 2. The Morgan fingerprint density at radius 1 is 0.857 bits per heavy atom. The number of esters is 2. The van der Waals surface area contributed by atoms with Crippen LogP contribution in [0.4, 0.5) is 0 Å². The topological polar surface area (TPSA) is 71.1 Å². The minimum absolute atomic E-state index is 0.118. The van der Waals surface area contributed by atoms with Crippen molar-refractivity contribution in [3.8, 4) is 11.5 Å². The van der Waals surface area contributed by atoms with Crippen molar-refractivity contribution >= 4 is 28.8 Å². The van der Waals surface area contributed by atoms with Gasteiger partial charge in [0.25, 0.3) is 5.79 Å². The van der Waals surface area contributed by atoms with Crippen molar-refractivity contribution in [1.29, 1.82) is 0 Å². The van der Waals surface area contributed by atoms with Crippen LogP contribution < -0.4 is 9.47 Å². The van der Waals surface area contributed by atoms with E-state index in [-0.39, 0.29) is 5.57 Å². The first-order chi connectivity index (χ1) is 17.1. The third-order valence-corrected chi connectivity index (χ3v) is 6.45. The molecule has 6 nitrogen and oxygen atoms in total. The second-order valence-electron chi connectivity index (χ2n) is 8.87. The van der Waals surface area contributed by atoms with Crippen LogP contribution in [-0.4, -0.2) is 24.3 Å². The number of ether oxygens (including phenoxy) is 4. The molecule has 180 valence electrons. The van der Waals surface area contributed by atoms with Crippen LogP contribution in [0.5, 0.6) is 11.5 Å². The van der Waals surface area contributed by atoms with Gasteiger partial charge in [-0.25, -0.2) is 9.59 Å². The third kappa shape index (κ3) is 4.87. The molecule has 0 unspecified atom stereocenters. The minimum Gasteiger partial charge on any atom is -0.490 e. The van der Waals surface area contributed by atoms with E-state index in [0.29, 0.717) is 43.1 Å². The predicted molar refractivity (Wildman–Crippen MR) is 132 cm³/mol. The van der Waals surface area contributed by atoms with Crippen molar-refractivity contribution in [3.05, 3.63) is 77.4 Å². The lowest BCUT2D eigenvalue weighted by Crippen LogP contribution is -2.47. The second-order valence-corrected chi connectivity index (χ2v) is 8.87. The Morgan fingerprint density at radius 2 is 1.60 bits per heavy atom. The van der Waals surface area contributed by atoms with Gasteiger partial charge in [-0.2, -0.15) is 0 Å². The van der Waals surface area contributed by atoms with E-state index >= 15 is 0 Å². The van der Waals surface area contributed by atoms with Crippen LogP contribution in [0, 0.1) is 0 Å². The molecular weight excluding hydrogens is 444 g/mol. The summed E-state index contributed by atoms with van der Waals surface area (Å²) >= 11 is 0. The Morgan fingerprint density at radius 3 is 2.37 bits per heavy atom. The molecule has 1 heterocycles. The molecule has 0 atom stereocenters. The van der Waals surface area contributed by atoms with E-state index < -0.39 is 17.7 Å². The van der Waals surface area contributed by atoms with Gasteiger partial charge in [0, 0.05) is 12.8 Å². The van der Waals surface area contributed by atoms with Gasteiger partial charge in [-0.15, -0.1) is 0 Å². The number of hydrogen-bond donors (Lipinski definition) is 0. The highest BCUT2D eigenvalue weighted by Crippen LogP contribution is 2.38. The minimum atomic E-state index is -1.10.